The predicted molar refractivity (Wildman–Crippen MR) is 132 cm³/mol. The molecule has 0 fully saturated rings. The summed E-state index contributed by atoms with van der Waals surface area (Å²) in [6.45, 7) is 0.500. The van der Waals surface area contributed by atoms with Crippen molar-refractivity contribution in [3.63, 3.8) is 0 Å². The Morgan fingerprint density at radius 3 is 0.833 bits per heavy atom. The molecule has 0 amide bonds. The Kier molecular flexibility index (Phi) is 40.8. The van der Waals surface area contributed by atoms with Gasteiger partial charge in [0.05, 0.1) is 0 Å². The first-order chi connectivity index (χ1) is 16.8. The number of hydrogen-bond donors (Lipinski definition) is 3. The van der Waals surface area contributed by atoms with E-state index >= 15 is 0 Å². The van der Waals surface area contributed by atoms with Gasteiger partial charge in [0.15, 0.2) is 0 Å². The molecule has 4 aromatic rings. The monoisotopic (exact) mass is 597 g/mol. The van der Waals surface area contributed by atoms with Crippen LogP contribution < -0.4 is 0 Å². The maximum atomic E-state index is 8.74. The van der Waals surface area contributed by atoms with Crippen molar-refractivity contribution in [3.05, 3.63) is 129 Å². The largest absolute Gasteiger partial charge is 0.693 e. The molecule has 0 saturated carbocycles. The number of nitrogens with zero attached hydrogens (tertiary/aromatic N) is 4. The zero-order valence-electron chi connectivity index (χ0n) is 18.2. The minimum atomic E-state index is -4.67. The summed E-state index contributed by atoms with van der Waals surface area (Å²) < 4.78 is 31.6. The molecule has 200 valence electrons. The summed E-state index contributed by atoms with van der Waals surface area (Å²) in [6, 6.07) is 22.0. The molecular weight excluding hydrogens is 577 g/mol. The van der Waals surface area contributed by atoms with Crippen LogP contribution in [-0.4, -0.2) is 49.0 Å². The number of aromatic nitrogens is 4. The molecule has 15 heteroatoms. The molecule has 0 radical (unpaired) electrons. The zero-order chi connectivity index (χ0) is 26.9. The quantitative estimate of drug-likeness (QED) is 0.146. The Hall–Kier alpha value is -3.00. The summed E-state index contributed by atoms with van der Waals surface area (Å²) in [6.07, 6.45) is 17.3. The van der Waals surface area contributed by atoms with Crippen molar-refractivity contribution < 1.29 is 40.6 Å². The van der Waals surface area contributed by atoms with Gasteiger partial charge in [0, 0.05) is 0 Å². The van der Waals surface area contributed by atoms with Crippen LogP contribution in [0.5, 0.6) is 0 Å². The maximum Gasteiger partial charge on any atom is -0.0813 e. The van der Waals surface area contributed by atoms with Crippen LogP contribution in [0.2, 0.25) is 0 Å². The van der Waals surface area contributed by atoms with Crippen molar-refractivity contribution in [1.29, 1.82) is 0 Å². The summed E-state index contributed by atoms with van der Waals surface area (Å²) in [5.74, 6) is 0. The van der Waals surface area contributed by atoms with Crippen LogP contribution >= 0.6 is 20.2 Å². The van der Waals surface area contributed by atoms with Gasteiger partial charge in [-0.2, -0.15) is 81.2 Å². The number of halogens is 2. The van der Waals surface area contributed by atoms with Gasteiger partial charge >= 0.3 is 43.7 Å². The standard InChI is InChI=1S/4C5H4N.CHO2.2ClH.Fe.H2N.H2O4S/c4*1-2-4-6-5-3-1;2-1-3;;;;;1-5(2,3)4/h4*1-4H;(H,2,3);2*1H;;1H2;(H2,1,2,3,4)/q5*-1;;;+2;-1;/p-2. The number of rotatable bonds is 0. The van der Waals surface area contributed by atoms with Crippen molar-refractivity contribution in [2.45, 2.75) is 0 Å². The van der Waals surface area contributed by atoms with E-state index in [0.29, 0.717) is 6.47 Å². The maximum absolute atomic E-state index is 8.74. The molecule has 0 atom stereocenters. The van der Waals surface area contributed by atoms with Crippen molar-refractivity contribution >= 4 is 37.1 Å². The number of pyridine rings is 4. The minimum absolute atomic E-state index is 0. The van der Waals surface area contributed by atoms with Crippen LogP contribution in [0, 0.1) is 24.8 Å². The number of aliphatic hydroxyl groups excluding tert-OH is 1. The molecule has 5 N–H and O–H groups in total. The molecule has 0 unspecified atom stereocenters. The van der Waals surface area contributed by atoms with Crippen LogP contribution in [0.4, 0.5) is 0 Å². The SMILES string of the molecule is O=S(=O)(O)O.O=[C-]O.[Cl][Fe][Cl].[NH2-].[c-]1ccccn1.[c-]1ccccn1.[c-]1ccccn1.[c-]1ccccn1. The Morgan fingerprint density at radius 1 is 0.639 bits per heavy atom. The third-order valence-corrected chi connectivity index (χ3v) is 2.07. The van der Waals surface area contributed by atoms with Gasteiger partial charge in [0.25, 0.3) is 0 Å². The Bertz CT molecular complexity index is 732. The first-order valence-corrected chi connectivity index (χ1v) is 12.9. The van der Waals surface area contributed by atoms with E-state index in [1.165, 1.54) is 0 Å². The third-order valence-electron chi connectivity index (χ3n) is 2.07. The van der Waals surface area contributed by atoms with Gasteiger partial charge in [-0.3, -0.25) is 9.11 Å². The first kappa shape index (κ1) is 40.2. The van der Waals surface area contributed by atoms with E-state index in [1.54, 1.807) is 49.1 Å². The molecular formula is C21H21Cl2FeN5O6S-6. The molecule has 0 saturated heterocycles. The summed E-state index contributed by atoms with van der Waals surface area (Å²) in [4.78, 5) is 22.9. The van der Waals surface area contributed by atoms with Gasteiger partial charge in [0.1, 0.15) is 0 Å². The second-order valence-corrected chi connectivity index (χ2v) is 7.14. The summed E-state index contributed by atoms with van der Waals surface area (Å²) >= 11 is 0.194. The van der Waals surface area contributed by atoms with Gasteiger partial charge in [-0.15, -0.1) is 0 Å². The molecule has 0 aliphatic rings. The number of hydrogen-bond acceptors (Lipinski definition) is 7. The molecule has 0 aromatic carbocycles. The van der Waals surface area contributed by atoms with Crippen LogP contribution in [0.1, 0.15) is 0 Å². The van der Waals surface area contributed by atoms with E-state index in [2.05, 4.69) is 44.7 Å². The molecule has 4 aromatic heterocycles. The fourth-order valence-corrected chi connectivity index (χ4v) is 1.11. The van der Waals surface area contributed by atoms with Gasteiger partial charge < -0.3 is 36.0 Å². The topological polar surface area (TPSA) is 197 Å². The van der Waals surface area contributed by atoms with Gasteiger partial charge in [-0.05, 0) is 0 Å². The predicted octanol–water partition coefficient (Wildman–Crippen LogP) is 4.58. The van der Waals surface area contributed by atoms with Crippen LogP contribution in [0.25, 0.3) is 6.15 Å². The van der Waals surface area contributed by atoms with Gasteiger partial charge in [-0.1, -0.05) is 56.0 Å². The van der Waals surface area contributed by atoms with Gasteiger partial charge in [0.2, 0.25) is 0 Å². The molecule has 4 heterocycles. The Labute approximate surface area is 225 Å². The van der Waals surface area contributed by atoms with E-state index in [1.807, 2.05) is 48.5 Å². The van der Waals surface area contributed by atoms with Crippen LogP contribution in [-0.2, 0) is 28.3 Å². The second-order valence-electron chi connectivity index (χ2n) is 4.42. The fraction of sp³-hybridized carbons (Fsp3) is 0. The molecule has 36 heavy (non-hydrogen) atoms. The fourth-order valence-electron chi connectivity index (χ4n) is 1.11. The molecule has 11 nitrogen and oxygen atoms in total. The molecule has 0 bridgehead atoms. The van der Waals surface area contributed by atoms with Gasteiger partial charge in [-0.25, -0.2) is 0 Å². The summed E-state index contributed by atoms with van der Waals surface area (Å²) in [7, 11) is 4.86. The first-order valence-electron chi connectivity index (χ1n) is 8.48. The third kappa shape index (κ3) is 63.3. The average Bonchev–Trinajstić information content (AvgIpc) is 2.89. The van der Waals surface area contributed by atoms with Crippen molar-refractivity contribution in [1.82, 2.24) is 19.9 Å². The second kappa shape index (κ2) is 36.6. The van der Waals surface area contributed by atoms with Crippen LogP contribution in [0.15, 0.2) is 97.6 Å². The molecule has 0 aliphatic heterocycles. The van der Waals surface area contributed by atoms with Crippen molar-refractivity contribution in [3.8, 4) is 0 Å². The summed E-state index contributed by atoms with van der Waals surface area (Å²) in [5, 5.41) is 6.76. The van der Waals surface area contributed by atoms with Crippen molar-refractivity contribution in [2.24, 2.45) is 0 Å². The smallest absolute Gasteiger partial charge is 0.0813 e. The normalized spacial score (nSPS) is 7.89. The molecule has 0 aliphatic carbocycles. The van der Waals surface area contributed by atoms with E-state index in [9.17, 15) is 0 Å². The van der Waals surface area contributed by atoms with E-state index in [-0.39, 0.29) is 19.3 Å². The van der Waals surface area contributed by atoms with E-state index in [4.69, 9.17) is 47.6 Å². The average molecular weight is 598 g/mol. The van der Waals surface area contributed by atoms with E-state index < -0.39 is 10.4 Å². The zero-order valence-corrected chi connectivity index (χ0v) is 21.6. The summed E-state index contributed by atoms with van der Waals surface area (Å²) in [5.41, 5.74) is 0. The Morgan fingerprint density at radius 2 is 0.806 bits per heavy atom. The molecule has 4 rings (SSSR count). The molecule has 0 spiro atoms. The minimum Gasteiger partial charge on any atom is -0.693 e. The number of nitrogens with two attached hydrogens (primary N) is 1. The van der Waals surface area contributed by atoms with Crippen LogP contribution in [0.3, 0.4) is 0 Å². The van der Waals surface area contributed by atoms with E-state index in [0.717, 1.165) is 0 Å². The van der Waals surface area contributed by atoms with Crippen molar-refractivity contribution in [2.75, 3.05) is 0 Å². The Balaban J connectivity index is -0.000000168.